The topological polar surface area (TPSA) is 6.25 Å². The van der Waals surface area contributed by atoms with Crippen LogP contribution in [0.25, 0.3) is 0 Å². The molecule has 138 valence electrons. The Morgan fingerprint density at radius 1 is 1.00 bits per heavy atom. The van der Waals surface area contributed by atoms with Gasteiger partial charge in [-0.2, -0.15) is 0 Å². The average Bonchev–Trinajstić information content (AvgIpc) is 2.95. The number of hydrogen-bond donors (Lipinski definition) is 0. The molecule has 0 N–H and O–H groups in total. The zero-order valence-electron chi connectivity index (χ0n) is 16.8. The summed E-state index contributed by atoms with van der Waals surface area (Å²) in [4.78, 5) is 2.45. The molecule has 0 saturated carbocycles. The third-order valence-electron chi connectivity index (χ3n) is 5.32. The van der Waals surface area contributed by atoms with Crippen molar-refractivity contribution in [2.45, 2.75) is 46.5 Å². The van der Waals surface area contributed by atoms with E-state index in [4.69, 9.17) is 0 Å². The first kappa shape index (κ1) is 18.6. The number of halogens is 1. The lowest BCUT2D eigenvalue weighted by molar-refractivity contribution is -0.485. The van der Waals surface area contributed by atoms with Crippen molar-refractivity contribution < 1.29 is 8.97 Å². The van der Waals surface area contributed by atoms with Gasteiger partial charge in [0.05, 0.1) is 12.6 Å². The van der Waals surface area contributed by atoms with Gasteiger partial charge in [0.15, 0.2) is 0 Å². The molecule has 0 spiro atoms. The molecule has 2 aromatic carbocycles. The largest absolute Gasteiger partial charge is 0.284 e. The monoisotopic (exact) mass is 353 g/mol. The summed E-state index contributed by atoms with van der Waals surface area (Å²) in [6.07, 6.45) is 0. The van der Waals surface area contributed by atoms with Crippen LogP contribution < -0.4 is 4.90 Å². The summed E-state index contributed by atoms with van der Waals surface area (Å²) in [5.41, 5.74) is 6.18. The highest BCUT2D eigenvalue weighted by Gasteiger charge is 2.36. The van der Waals surface area contributed by atoms with E-state index in [1.165, 1.54) is 22.6 Å². The number of benzene rings is 2. The smallest absolute Gasteiger partial charge is 0.260 e. The molecular formula is C23H30FN2+. The SMILES string of the molecule is Cc1cc(F)ccc1C1=[N+](C)CCN1c1c(C(C)C)cccc1C(C)C. The minimum atomic E-state index is -0.176. The van der Waals surface area contributed by atoms with E-state index in [0.29, 0.717) is 11.8 Å². The van der Waals surface area contributed by atoms with Gasteiger partial charge in [-0.25, -0.2) is 9.29 Å². The van der Waals surface area contributed by atoms with Crippen molar-refractivity contribution in [1.82, 2.24) is 0 Å². The summed E-state index contributed by atoms with van der Waals surface area (Å²) >= 11 is 0. The van der Waals surface area contributed by atoms with E-state index in [1.54, 1.807) is 12.1 Å². The second-order valence-corrected chi connectivity index (χ2v) is 7.95. The summed E-state index contributed by atoms with van der Waals surface area (Å²) < 4.78 is 15.9. The van der Waals surface area contributed by atoms with Crippen molar-refractivity contribution >= 4 is 11.5 Å². The summed E-state index contributed by atoms with van der Waals surface area (Å²) in [5.74, 6) is 1.90. The third-order valence-corrected chi connectivity index (χ3v) is 5.32. The van der Waals surface area contributed by atoms with Crippen LogP contribution >= 0.6 is 0 Å². The first-order valence-corrected chi connectivity index (χ1v) is 9.56. The van der Waals surface area contributed by atoms with E-state index in [2.05, 4.69) is 62.4 Å². The number of nitrogens with zero attached hydrogens (tertiary/aromatic N) is 2. The first-order chi connectivity index (χ1) is 12.3. The van der Waals surface area contributed by atoms with Crippen LogP contribution in [0.3, 0.4) is 0 Å². The van der Waals surface area contributed by atoms with E-state index in [0.717, 1.165) is 24.2 Å². The molecule has 1 aliphatic heterocycles. The van der Waals surface area contributed by atoms with E-state index in [-0.39, 0.29) is 5.82 Å². The highest BCUT2D eigenvalue weighted by molar-refractivity contribution is 6.09. The summed E-state index contributed by atoms with van der Waals surface area (Å²) in [6, 6.07) is 11.8. The molecule has 0 aliphatic carbocycles. The maximum atomic E-state index is 13.7. The molecule has 0 radical (unpaired) electrons. The van der Waals surface area contributed by atoms with Gasteiger partial charge in [-0.15, -0.1) is 0 Å². The Bertz CT molecular complexity index is 823. The lowest BCUT2D eigenvalue weighted by Crippen LogP contribution is -2.32. The standard InChI is InChI=1S/C23H30FN2/c1-15(2)19-8-7-9-20(16(3)4)22(19)26-13-12-25(6)23(26)21-11-10-18(24)14-17(21)5/h7-11,14-16H,12-13H2,1-6H3/q+1. The van der Waals surface area contributed by atoms with Crippen molar-refractivity contribution in [3.63, 3.8) is 0 Å². The fourth-order valence-corrected chi connectivity index (χ4v) is 3.94. The number of anilines is 1. The molecule has 0 saturated heterocycles. The molecule has 1 heterocycles. The summed E-state index contributed by atoms with van der Waals surface area (Å²) in [6.45, 7) is 12.9. The van der Waals surface area contributed by atoms with Crippen molar-refractivity contribution in [1.29, 1.82) is 0 Å². The minimum absolute atomic E-state index is 0.176. The maximum Gasteiger partial charge on any atom is 0.284 e. The Morgan fingerprint density at radius 3 is 2.15 bits per heavy atom. The number of likely N-dealkylation sites (N-methyl/N-ethyl adjacent to an activating group) is 1. The van der Waals surface area contributed by atoms with Crippen LogP contribution in [0, 0.1) is 12.7 Å². The van der Waals surface area contributed by atoms with Crippen molar-refractivity contribution in [3.8, 4) is 0 Å². The van der Waals surface area contributed by atoms with E-state index < -0.39 is 0 Å². The number of aryl methyl sites for hydroxylation is 1. The van der Waals surface area contributed by atoms with Gasteiger partial charge in [0, 0.05) is 11.1 Å². The van der Waals surface area contributed by atoms with Crippen LogP contribution in [0.15, 0.2) is 36.4 Å². The van der Waals surface area contributed by atoms with E-state index >= 15 is 0 Å². The van der Waals surface area contributed by atoms with Crippen molar-refractivity contribution in [2.75, 3.05) is 25.0 Å². The fourth-order valence-electron chi connectivity index (χ4n) is 3.94. The molecule has 2 aromatic rings. The number of rotatable bonds is 4. The summed E-state index contributed by atoms with van der Waals surface area (Å²) in [7, 11) is 2.13. The molecule has 0 fully saturated rings. The second-order valence-electron chi connectivity index (χ2n) is 7.95. The van der Waals surface area contributed by atoms with Crippen molar-refractivity contribution in [2.24, 2.45) is 0 Å². The zero-order chi connectivity index (χ0) is 19.0. The second kappa shape index (κ2) is 7.22. The molecule has 3 heteroatoms. The Kier molecular flexibility index (Phi) is 5.17. The van der Waals surface area contributed by atoms with Gasteiger partial charge >= 0.3 is 0 Å². The van der Waals surface area contributed by atoms with Crippen LogP contribution in [0.5, 0.6) is 0 Å². The maximum absolute atomic E-state index is 13.7. The normalized spacial score (nSPS) is 14.9. The van der Waals surface area contributed by atoms with Crippen LogP contribution in [-0.2, 0) is 0 Å². The van der Waals surface area contributed by atoms with Gasteiger partial charge in [-0.1, -0.05) is 45.9 Å². The minimum Gasteiger partial charge on any atom is -0.260 e. The quantitative estimate of drug-likeness (QED) is 0.677. The number of amidine groups is 1. The first-order valence-electron chi connectivity index (χ1n) is 9.56. The Labute approximate surface area is 157 Å². The van der Waals surface area contributed by atoms with E-state index in [1.807, 2.05) is 13.0 Å². The van der Waals surface area contributed by atoms with Gasteiger partial charge < -0.3 is 0 Å². The Balaban J connectivity index is 2.21. The zero-order valence-corrected chi connectivity index (χ0v) is 16.8. The van der Waals surface area contributed by atoms with Crippen LogP contribution in [0.1, 0.15) is 61.8 Å². The molecule has 26 heavy (non-hydrogen) atoms. The molecule has 1 aliphatic rings. The average molecular weight is 354 g/mol. The van der Waals surface area contributed by atoms with Crippen LogP contribution in [0.4, 0.5) is 10.1 Å². The van der Waals surface area contributed by atoms with Gasteiger partial charge in [0.1, 0.15) is 24.6 Å². The summed E-state index contributed by atoms with van der Waals surface area (Å²) in [5, 5.41) is 0. The van der Waals surface area contributed by atoms with Gasteiger partial charge in [-0.3, -0.25) is 4.58 Å². The molecule has 0 aromatic heterocycles. The highest BCUT2D eigenvalue weighted by Crippen LogP contribution is 2.37. The molecule has 0 bridgehead atoms. The Morgan fingerprint density at radius 2 is 1.62 bits per heavy atom. The fraction of sp³-hybridized carbons (Fsp3) is 0.435. The van der Waals surface area contributed by atoms with Crippen molar-refractivity contribution in [3.05, 3.63) is 64.5 Å². The van der Waals surface area contributed by atoms with Crippen LogP contribution in [-0.4, -0.2) is 30.5 Å². The Hall–Kier alpha value is -2.16. The lowest BCUT2D eigenvalue weighted by atomic mass is 9.91. The molecule has 3 rings (SSSR count). The predicted molar refractivity (Wildman–Crippen MR) is 108 cm³/mol. The van der Waals surface area contributed by atoms with Gasteiger partial charge in [-0.05, 0) is 42.5 Å². The van der Waals surface area contributed by atoms with Crippen LogP contribution in [0.2, 0.25) is 0 Å². The van der Waals surface area contributed by atoms with Gasteiger partial charge in [0.25, 0.3) is 5.84 Å². The third kappa shape index (κ3) is 3.27. The molecule has 0 amide bonds. The number of para-hydroxylation sites is 1. The molecule has 0 atom stereocenters. The van der Waals surface area contributed by atoms with E-state index in [9.17, 15) is 4.39 Å². The molecule has 0 unspecified atom stereocenters. The molecule has 2 nitrogen and oxygen atoms in total. The molecular weight excluding hydrogens is 323 g/mol. The predicted octanol–water partition coefficient (Wildman–Crippen LogP) is 5.29. The number of hydrogen-bond acceptors (Lipinski definition) is 1. The van der Waals surface area contributed by atoms with Gasteiger partial charge in [0.2, 0.25) is 0 Å². The lowest BCUT2D eigenvalue weighted by Gasteiger charge is -2.24. The highest BCUT2D eigenvalue weighted by atomic mass is 19.1.